The summed E-state index contributed by atoms with van der Waals surface area (Å²) in [4.78, 5) is 22.7. The van der Waals surface area contributed by atoms with Gasteiger partial charge in [-0.15, -0.1) is 0 Å². The number of nitrogens with two attached hydrogens (primary N) is 1. The van der Waals surface area contributed by atoms with Crippen molar-refractivity contribution >= 4 is 11.8 Å². The Kier molecular flexibility index (Phi) is 8.40. The van der Waals surface area contributed by atoms with Crippen molar-refractivity contribution in [1.29, 1.82) is 0 Å². The van der Waals surface area contributed by atoms with Crippen LogP contribution in [0.15, 0.2) is 0 Å². The highest BCUT2D eigenvalue weighted by Gasteiger charge is 2.09. The Labute approximate surface area is 104 Å². The van der Waals surface area contributed by atoms with Crippen LogP contribution in [0.4, 0.5) is 0 Å². The second kappa shape index (κ2) is 8.98. The number of hydrogen-bond donors (Lipinski definition) is 3. The second-order valence-corrected chi connectivity index (χ2v) is 4.58. The lowest BCUT2D eigenvalue weighted by Crippen LogP contribution is -2.36. The zero-order chi connectivity index (χ0) is 13.3. The third-order valence-corrected chi connectivity index (χ3v) is 2.23. The van der Waals surface area contributed by atoms with Gasteiger partial charge in [-0.1, -0.05) is 13.3 Å². The van der Waals surface area contributed by atoms with E-state index >= 15 is 0 Å². The second-order valence-electron chi connectivity index (χ2n) is 4.58. The summed E-state index contributed by atoms with van der Waals surface area (Å²) in [6.07, 6.45) is 2.47. The maximum absolute atomic E-state index is 11.4. The van der Waals surface area contributed by atoms with Gasteiger partial charge in [-0.05, 0) is 20.3 Å². The van der Waals surface area contributed by atoms with E-state index in [1.807, 2.05) is 20.8 Å². The Morgan fingerprint density at radius 3 is 2.41 bits per heavy atom. The summed E-state index contributed by atoms with van der Waals surface area (Å²) in [5.74, 6) is -0.124. The molecule has 100 valence electrons. The molecule has 0 aliphatic rings. The fraction of sp³-hybridized carbons (Fsp3) is 0.833. The number of amides is 2. The van der Waals surface area contributed by atoms with Crippen LogP contribution in [-0.2, 0) is 9.59 Å². The summed E-state index contributed by atoms with van der Waals surface area (Å²) in [5, 5.41) is 5.46. The maximum Gasteiger partial charge on any atom is 0.221 e. The molecule has 0 radical (unpaired) electrons. The van der Waals surface area contributed by atoms with Gasteiger partial charge in [0.15, 0.2) is 0 Å². The van der Waals surface area contributed by atoms with Gasteiger partial charge >= 0.3 is 0 Å². The molecule has 0 bridgehead atoms. The SMILES string of the molecule is CCCC(N)CC(=O)NCCC(=O)NC(C)C. The molecule has 4 N–H and O–H groups in total. The summed E-state index contributed by atoms with van der Waals surface area (Å²) in [6.45, 7) is 6.21. The highest BCUT2D eigenvalue weighted by atomic mass is 16.2. The lowest BCUT2D eigenvalue weighted by Gasteiger charge is -2.11. The van der Waals surface area contributed by atoms with E-state index in [0.717, 1.165) is 12.8 Å². The highest BCUT2D eigenvalue weighted by molar-refractivity contribution is 5.79. The first kappa shape index (κ1) is 15.9. The number of rotatable bonds is 8. The number of carbonyl (C=O) groups excluding carboxylic acids is 2. The summed E-state index contributed by atoms with van der Waals surface area (Å²) in [6, 6.07) is 0.0562. The van der Waals surface area contributed by atoms with Gasteiger partial charge in [0.05, 0.1) is 0 Å². The minimum atomic E-state index is -0.0803. The summed E-state index contributed by atoms with van der Waals surface area (Å²) < 4.78 is 0. The summed E-state index contributed by atoms with van der Waals surface area (Å²) in [5.41, 5.74) is 5.74. The van der Waals surface area contributed by atoms with Crippen LogP contribution in [-0.4, -0.2) is 30.4 Å². The first-order valence-corrected chi connectivity index (χ1v) is 6.27. The van der Waals surface area contributed by atoms with E-state index in [2.05, 4.69) is 10.6 Å². The molecular formula is C12H25N3O2. The molecule has 0 aliphatic carbocycles. The van der Waals surface area contributed by atoms with Crippen LogP contribution in [0.3, 0.4) is 0 Å². The van der Waals surface area contributed by atoms with Crippen molar-refractivity contribution in [2.24, 2.45) is 5.73 Å². The first-order chi connectivity index (χ1) is 7.95. The quantitative estimate of drug-likeness (QED) is 0.581. The maximum atomic E-state index is 11.4. The predicted octanol–water partition coefficient (Wildman–Crippen LogP) is 0.535. The largest absolute Gasteiger partial charge is 0.356 e. The van der Waals surface area contributed by atoms with E-state index in [4.69, 9.17) is 5.73 Å². The van der Waals surface area contributed by atoms with Crippen molar-refractivity contribution < 1.29 is 9.59 Å². The average Bonchev–Trinajstić information content (AvgIpc) is 2.16. The van der Waals surface area contributed by atoms with Crippen LogP contribution in [0.5, 0.6) is 0 Å². The van der Waals surface area contributed by atoms with Gasteiger partial charge in [-0.25, -0.2) is 0 Å². The monoisotopic (exact) mass is 243 g/mol. The highest BCUT2D eigenvalue weighted by Crippen LogP contribution is 1.97. The average molecular weight is 243 g/mol. The fourth-order valence-electron chi connectivity index (χ4n) is 1.49. The number of hydrogen-bond acceptors (Lipinski definition) is 3. The minimum absolute atomic E-state index is 0.0434. The van der Waals surface area contributed by atoms with Gasteiger partial charge in [-0.3, -0.25) is 9.59 Å². The van der Waals surface area contributed by atoms with Crippen LogP contribution in [0.25, 0.3) is 0 Å². The summed E-state index contributed by atoms with van der Waals surface area (Å²) in [7, 11) is 0. The van der Waals surface area contributed by atoms with Crippen molar-refractivity contribution in [3.63, 3.8) is 0 Å². The molecule has 0 saturated carbocycles. The molecule has 0 spiro atoms. The Balaban J connectivity index is 3.60. The van der Waals surface area contributed by atoms with Crippen molar-refractivity contribution in [3.8, 4) is 0 Å². The fourth-order valence-corrected chi connectivity index (χ4v) is 1.49. The van der Waals surface area contributed by atoms with Gasteiger partial charge in [0.25, 0.3) is 0 Å². The summed E-state index contributed by atoms with van der Waals surface area (Å²) >= 11 is 0. The van der Waals surface area contributed by atoms with Crippen molar-refractivity contribution in [1.82, 2.24) is 10.6 Å². The smallest absolute Gasteiger partial charge is 0.221 e. The van der Waals surface area contributed by atoms with Gasteiger partial charge in [-0.2, -0.15) is 0 Å². The lowest BCUT2D eigenvalue weighted by molar-refractivity contribution is -0.122. The zero-order valence-corrected chi connectivity index (χ0v) is 11.1. The third-order valence-electron chi connectivity index (χ3n) is 2.23. The molecule has 0 aliphatic heterocycles. The molecular weight excluding hydrogens is 218 g/mol. The standard InChI is InChI=1S/C12H25N3O2/c1-4-5-10(13)8-12(17)14-7-6-11(16)15-9(2)3/h9-10H,4-8,13H2,1-3H3,(H,14,17)(H,15,16). The third kappa shape index (κ3) is 9.81. The normalized spacial score (nSPS) is 12.3. The van der Waals surface area contributed by atoms with Crippen LogP contribution in [0.1, 0.15) is 46.5 Å². The Bertz CT molecular complexity index is 242. The topological polar surface area (TPSA) is 84.2 Å². The van der Waals surface area contributed by atoms with Crippen molar-refractivity contribution in [3.05, 3.63) is 0 Å². The molecule has 0 saturated heterocycles. The molecule has 0 fully saturated rings. The lowest BCUT2D eigenvalue weighted by atomic mass is 10.1. The molecule has 2 amide bonds. The van der Waals surface area contributed by atoms with Crippen molar-refractivity contribution in [2.75, 3.05) is 6.54 Å². The molecule has 1 atom stereocenters. The van der Waals surface area contributed by atoms with E-state index in [-0.39, 0.29) is 23.9 Å². The molecule has 5 nitrogen and oxygen atoms in total. The van der Waals surface area contributed by atoms with Crippen LogP contribution in [0, 0.1) is 0 Å². The minimum Gasteiger partial charge on any atom is -0.356 e. The molecule has 0 aromatic heterocycles. The van der Waals surface area contributed by atoms with E-state index in [9.17, 15) is 9.59 Å². The Morgan fingerprint density at radius 1 is 1.24 bits per heavy atom. The van der Waals surface area contributed by atoms with Crippen molar-refractivity contribution in [2.45, 2.75) is 58.5 Å². The number of carbonyl (C=O) groups is 2. The van der Waals surface area contributed by atoms with Crippen LogP contribution in [0.2, 0.25) is 0 Å². The van der Waals surface area contributed by atoms with Gasteiger partial charge < -0.3 is 16.4 Å². The van der Waals surface area contributed by atoms with E-state index in [0.29, 0.717) is 19.4 Å². The Hall–Kier alpha value is -1.10. The Morgan fingerprint density at radius 2 is 1.88 bits per heavy atom. The van der Waals surface area contributed by atoms with Gasteiger partial charge in [0.1, 0.15) is 0 Å². The number of nitrogens with one attached hydrogen (secondary N) is 2. The van der Waals surface area contributed by atoms with Gasteiger partial charge in [0, 0.05) is 31.5 Å². The molecule has 0 rings (SSSR count). The van der Waals surface area contributed by atoms with E-state index in [1.54, 1.807) is 0 Å². The molecule has 1 unspecified atom stereocenters. The molecule has 0 aromatic carbocycles. The van der Waals surface area contributed by atoms with E-state index < -0.39 is 0 Å². The van der Waals surface area contributed by atoms with Crippen LogP contribution >= 0.6 is 0 Å². The molecule has 0 heterocycles. The zero-order valence-electron chi connectivity index (χ0n) is 11.1. The molecule has 0 aromatic rings. The molecule has 5 heteroatoms. The first-order valence-electron chi connectivity index (χ1n) is 6.27. The predicted molar refractivity (Wildman–Crippen MR) is 68.4 cm³/mol. The molecule has 17 heavy (non-hydrogen) atoms. The van der Waals surface area contributed by atoms with Crippen LogP contribution < -0.4 is 16.4 Å². The van der Waals surface area contributed by atoms with E-state index in [1.165, 1.54) is 0 Å². The van der Waals surface area contributed by atoms with Gasteiger partial charge in [0.2, 0.25) is 11.8 Å².